The largest absolute Gasteiger partial charge is 0.465 e. The maximum atomic E-state index is 12.4. The van der Waals surface area contributed by atoms with E-state index in [0.29, 0.717) is 17.9 Å². The molecule has 0 unspecified atom stereocenters. The normalized spacial score (nSPS) is 16.5. The Morgan fingerprint density at radius 2 is 1.69 bits per heavy atom. The second-order valence-corrected chi connectivity index (χ2v) is 6.18. The first-order valence-electron chi connectivity index (χ1n) is 8.25. The van der Waals surface area contributed by atoms with Gasteiger partial charge in [-0.1, -0.05) is 17.7 Å². The lowest BCUT2D eigenvalue weighted by Crippen LogP contribution is -2.27. The molecule has 26 heavy (non-hydrogen) atoms. The van der Waals surface area contributed by atoms with Crippen LogP contribution in [0.15, 0.2) is 48.5 Å². The first kappa shape index (κ1) is 17.7. The second kappa shape index (κ2) is 7.39. The minimum absolute atomic E-state index is 0.100. The van der Waals surface area contributed by atoms with Crippen LogP contribution in [0.5, 0.6) is 5.75 Å². The predicted octanol–water partition coefficient (Wildman–Crippen LogP) is 2.74. The Kier molecular flexibility index (Phi) is 5.02. The van der Waals surface area contributed by atoms with Gasteiger partial charge in [0.05, 0.1) is 18.6 Å². The number of carbonyl (C=O) groups is 3. The molecular weight excluding hydrogens is 334 g/mol. The van der Waals surface area contributed by atoms with Crippen molar-refractivity contribution < 1.29 is 23.9 Å². The van der Waals surface area contributed by atoms with Crippen molar-refractivity contribution in [2.75, 3.05) is 18.6 Å². The number of methoxy groups -OCH3 is 1. The number of benzene rings is 2. The van der Waals surface area contributed by atoms with Gasteiger partial charge in [-0.2, -0.15) is 0 Å². The molecule has 0 bridgehead atoms. The summed E-state index contributed by atoms with van der Waals surface area (Å²) in [5.41, 5.74) is 2.25. The number of aryl methyl sites for hydroxylation is 1. The van der Waals surface area contributed by atoms with Crippen molar-refractivity contribution in [1.82, 2.24) is 0 Å². The number of hydrogen-bond donors (Lipinski definition) is 0. The van der Waals surface area contributed by atoms with Crippen molar-refractivity contribution in [3.05, 3.63) is 59.7 Å². The molecule has 2 aromatic rings. The zero-order valence-electron chi connectivity index (χ0n) is 14.6. The Balaban J connectivity index is 1.64. The zero-order chi connectivity index (χ0) is 18.7. The Labute approximate surface area is 151 Å². The molecule has 0 aromatic heterocycles. The van der Waals surface area contributed by atoms with Crippen LogP contribution in [0.2, 0.25) is 0 Å². The summed E-state index contributed by atoms with van der Waals surface area (Å²) in [6, 6.07) is 13.7. The fourth-order valence-electron chi connectivity index (χ4n) is 2.82. The topological polar surface area (TPSA) is 72.9 Å². The zero-order valence-corrected chi connectivity index (χ0v) is 14.6. The molecule has 0 saturated carbocycles. The van der Waals surface area contributed by atoms with Crippen molar-refractivity contribution in [1.29, 1.82) is 0 Å². The lowest BCUT2D eigenvalue weighted by atomic mass is 10.1. The number of ether oxygens (including phenoxy) is 2. The van der Waals surface area contributed by atoms with E-state index in [-0.39, 0.29) is 12.3 Å². The highest BCUT2D eigenvalue weighted by molar-refractivity contribution is 5.99. The van der Waals surface area contributed by atoms with Gasteiger partial charge in [-0.05, 0) is 43.3 Å². The highest BCUT2D eigenvalue weighted by Crippen LogP contribution is 2.26. The van der Waals surface area contributed by atoms with Crippen LogP contribution in [-0.2, 0) is 14.3 Å². The number of carbonyl (C=O) groups excluding carboxylic acids is 3. The maximum Gasteiger partial charge on any atom is 0.337 e. The van der Waals surface area contributed by atoms with Crippen LogP contribution in [0.3, 0.4) is 0 Å². The molecule has 134 valence electrons. The number of anilines is 1. The van der Waals surface area contributed by atoms with E-state index in [0.717, 1.165) is 11.3 Å². The van der Waals surface area contributed by atoms with Crippen LogP contribution in [0, 0.1) is 12.8 Å². The SMILES string of the molecule is COC(=O)c1ccc(OC(=O)[C@@H]2CC(=O)N(c3ccc(C)cc3)C2)cc1. The van der Waals surface area contributed by atoms with Crippen molar-refractivity contribution in [2.24, 2.45) is 5.92 Å². The quantitative estimate of drug-likeness (QED) is 0.624. The average molecular weight is 353 g/mol. The number of hydrogen-bond acceptors (Lipinski definition) is 5. The van der Waals surface area contributed by atoms with Gasteiger partial charge < -0.3 is 14.4 Å². The van der Waals surface area contributed by atoms with E-state index in [1.54, 1.807) is 4.90 Å². The van der Waals surface area contributed by atoms with Gasteiger partial charge in [0.1, 0.15) is 5.75 Å². The Bertz CT molecular complexity index is 826. The van der Waals surface area contributed by atoms with Crippen molar-refractivity contribution in [3.8, 4) is 5.75 Å². The van der Waals surface area contributed by atoms with E-state index < -0.39 is 17.9 Å². The van der Waals surface area contributed by atoms with Gasteiger partial charge in [-0.15, -0.1) is 0 Å². The molecule has 1 saturated heterocycles. The van der Waals surface area contributed by atoms with E-state index >= 15 is 0 Å². The lowest BCUT2D eigenvalue weighted by Gasteiger charge is -2.16. The number of nitrogens with zero attached hydrogens (tertiary/aromatic N) is 1. The second-order valence-electron chi connectivity index (χ2n) is 6.18. The predicted molar refractivity (Wildman–Crippen MR) is 95.1 cm³/mol. The molecule has 6 heteroatoms. The fourth-order valence-corrected chi connectivity index (χ4v) is 2.82. The van der Waals surface area contributed by atoms with Gasteiger partial charge in [0, 0.05) is 18.7 Å². The average Bonchev–Trinajstić information content (AvgIpc) is 3.04. The molecule has 0 aliphatic carbocycles. The van der Waals surface area contributed by atoms with Crippen molar-refractivity contribution in [2.45, 2.75) is 13.3 Å². The first-order valence-corrected chi connectivity index (χ1v) is 8.25. The van der Waals surface area contributed by atoms with Gasteiger partial charge in [0.25, 0.3) is 0 Å². The molecule has 6 nitrogen and oxygen atoms in total. The molecule has 1 aliphatic heterocycles. The van der Waals surface area contributed by atoms with Crippen molar-refractivity contribution >= 4 is 23.5 Å². The lowest BCUT2D eigenvalue weighted by molar-refractivity contribution is -0.139. The molecule has 3 rings (SSSR count). The molecule has 1 atom stereocenters. The summed E-state index contributed by atoms with van der Waals surface area (Å²) in [5, 5.41) is 0. The summed E-state index contributed by atoms with van der Waals surface area (Å²) in [6.07, 6.45) is 0.118. The fraction of sp³-hybridized carbons (Fsp3) is 0.250. The number of amides is 1. The Morgan fingerprint density at radius 1 is 1.04 bits per heavy atom. The van der Waals surface area contributed by atoms with Gasteiger partial charge >= 0.3 is 11.9 Å². The van der Waals surface area contributed by atoms with E-state index in [1.807, 2.05) is 31.2 Å². The third-order valence-corrected chi connectivity index (χ3v) is 4.30. The minimum Gasteiger partial charge on any atom is -0.465 e. The van der Waals surface area contributed by atoms with Crippen molar-refractivity contribution in [3.63, 3.8) is 0 Å². The van der Waals surface area contributed by atoms with Gasteiger partial charge in [0.15, 0.2) is 0 Å². The van der Waals surface area contributed by atoms with E-state index in [4.69, 9.17) is 4.74 Å². The van der Waals surface area contributed by atoms with E-state index in [9.17, 15) is 14.4 Å². The summed E-state index contributed by atoms with van der Waals surface area (Å²) >= 11 is 0. The van der Waals surface area contributed by atoms with Crippen LogP contribution in [0.1, 0.15) is 22.3 Å². The van der Waals surface area contributed by atoms with Crippen LogP contribution in [0.4, 0.5) is 5.69 Å². The number of esters is 2. The molecular formula is C20H19NO5. The summed E-state index contributed by atoms with van der Waals surface area (Å²) in [4.78, 5) is 37.6. The van der Waals surface area contributed by atoms with E-state index in [2.05, 4.69) is 4.74 Å². The van der Waals surface area contributed by atoms with Crippen LogP contribution in [-0.4, -0.2) is 31.5 Å². The molecule has 1 fully saturated rings. The molecule has 1 amide bonds. The number of rotatable bonds is 4. The third kappa shape index (κ3) is 3.74. The molecule has 0 radical (unpaired) electrons. The van der Waals surface area contributed by atoms with Gasteiger partial charge in [-0.3, -0.25) is 9.59 Å². The Hall–Kier alpha value is -3.15. The van der Waals surface area contributed by atoms with Crippen LogP contribution in [0.25, 0.3) is 0 Å². The van der Waals surface area contributed by atoms with Gasteiger partial charge in [-0.25, -0.2) is 4.79 Å². The minimum atomic E-state index is -0.524. The highest BCUT2D eigenvalue weighted by atomic mass is 16.5. The maximum absolute atomic E-state index is 12.4. The Morgan fingerprint density at radius 3 is 2.31 bits per heavy atom. The standard InChI is InChI=1S/C20H19NO5/c1-13-3-7-16(8-4-13)21-12-15(11-18(21)22)20(24)26-17-9-5-14(6-10-17)19(23)25-2/h3-10,15H,11-12H2,1-2H3/t15-/m1/s1. The summed E-state index contributed by atoms with van der Waals surface area (Å²) < 4.78 is 9.97. The molecule has 0 spiro atoms. The summed E-state index contributed by atoms with van der Waals surface area (Å²) in [5.74, 6) is -1.22. The van der Waals surface area contributed by atoms with Gasteiger partial charge in [0.2, 0.25) is 5.91 Å². The smallest absolute Gasteiger partial charge is 0.337 e. The highest BCUT2D eigenvalue weighted by Gasteiger charge is 2.36. The van der Waals surface area contributed by atoms with Crippen LogP contribution < -0.4 is 9.64 Å². The molecule has 0 N–H and O–H groups in total. The van der Waals surface area contributed by atoms with Crippen LogP contribution >= 0.6 is 0 Å². The first-order chi connectivity index (χ1) is 12.5. The summed E-state index contributed by atoms with van der Waals surface area (Å²) in [6.45, 7) is 2.27. The molecule has 1 aliphatic rings. The third-order valence-electron chi connectivity index (χ3n) is 4.30. The van der Waals surface area contributed by atoms with E-state index in [1.165, 1.54) is 31.4 Å². The molecule has 1 heterocycles. The molecule has 2 aromatic carbocycles. The monoisotopic (exact) mass is 353 g/mol. The summed E-state index contributed by atoms with van der Waals surface area (Å²) in [7, 11) is 1.30.